The minimum absolute atomic E-state index is 0.189. The molecular weight excluding hydrogens is 842 g/mol. The van der Waals surface area contributed by atoms with E-state index in [4.69, 9.17) is 30.5 Å². The van der Waals surface area contributed by atoms with Crippen molar-refractivity contribution in [2.24, 2.45) is 4.99 Å². The molecule has 4 aromatic rings. The van der Waals surface area contributed by atoms with Gasteiger partial charge >= 0.3 is 5.97 Å². The number of rotatable bonds is 10. The van der Waals surface area contributed by atoms with Crippen LogP contribution in [0.3, 0.4) is 0 Å². The van der Waals surface area contributed by atoms with E-state index in [1.165, 1.54) is 11.3 Å². The highest BCUT2D eigenvalue weighted by molar-refractivity contribution is 14.1. The summed E-state index contributed by atoms with van der Waals surface area (Å²) in [6.45, 7) is 6.33. The molecule has 1 aliphatic rings. The summed E-state index contributed by atoms with van der Waals surface area (Å²) in [5.74, 6) is 1.28. The van der Waals surface area contributed by atoms with Gasteiger partial charge in [-0.15, -0.1) is 0 Å². The van der Waals surface area contributed by atoms with Crippen LogP contribution in [0.25, 0.3) is 6.08 Å². The number of carbonyl (C=O) groups is 1. The number of allylic oxidation sites excluding steroid dienone is 1. The summed E-state index contributed by atoms with van der Waals surface area (Å²) in [4.78, 5) is 32.6. The molecule has 0 amide bonds. The van der Waals surface area contributed by atoms with Crippen LogP contribution in [-0.4, -0.2) is 30.9 Å². The molecular formula is C33H29ClI2N2O6S. The van der Waals surface area contributed by atoms with Crippen LogP contribution in [0.1, 0.15) is 43.5 Å². The number of nitrogens with zero attached hydrogens (tertiary/aromatic N) is 2. The van der Waals surface area contributed by atoms with Crippen LogP contribution >= 0.6 is 68.1 Å². The van der Waals surface area contributed by atoms with Crippen LogP contribution < -0.4 is 29.1 Å². The SMILES string of the molecule is CCOC(=O)C1=C(C)N=c2s/c(=C\c3cc(I)c(OCc4ccccc4Cl)c(I)c3)c(=O)n2[C@@H]1c1ccc(OC)c(OCC)c1. The molecule has 0 saturated heterocycles. The summed E-state index contributed by atoms with van der Waals surface area (Å²) in [6, 6.07) is 16.1. The maximum Gasteiger partial charge on any atom is 0.338 e. The number of fused-ring (bicyclic) bond motifs is 1. The number of hydrogen-bond acceptors (Lipinski definition) is 8. The van der Waals surface area contributed by atoms with E-state index in [1.54, 1.807) is 37.7 Å². The van der Waals surface area contributed by atoms with Crippen molar-refractivity contribution in [1.82, 2.24) is 4.57 Å². The third-order valence-corrected chi connectivity index (χ3v) is 9.92. The molecule has 12 heteroatoms. The molecule has 0 radical (unpaired) electrons. The van der Waals surface area contributed by atoms with Gasteiger partial charge in [0, 0.05) is 10.6 Å². The van der Waals surface area contributed by atoms with Gasteiger partial charge in [-0.1, -0.05) is 47.2 Å². The Morgan fingerprint density at radius 2 is 1.78 bits per heavy atom. The van der Waals surface area contributed by atoms with Gasteiger partial charge in [-0.05, 0) is 113 Å². The van der Waals surface area contributed by atoms with Crippen molar-refractivity contribution in [1.29, 1.82) is 0 Å². The molecule has 0 bridgehead atoms. The third kappa shape index (κ3) is 7.10. The molecule has 1 aromatic heterocycles. The highest BCUT2D eigenvalue weighted by Gasteiger charge is 2.34. The number of ether oxygens (including phenoxy) is 4. The van der Waals surface area contributed by atoms with E-state index in [2.05, 4.69) is 50.2 Å². The Kier molecular flexibility index (Phi) is 10.9. The number of carbonyl (C=O) groups excluding carboxylic acids is 1. The van der Waals surface area contributed by atoms with E-state index >= 15 is 0 Å². The molecule has 1 atom stereocenters. The zero-order valence-electron chi connectivity index (χ0n) is 24.9. The highest BCUT2D eigenvalue weighted by Crippen LogP contribution is 2.36. The van der Waals surface area contributed by atoms with Crippen LogP contribution in [0.15, 0.2) is 75.7 Å². The summed E-state index contributed by atoms with van der Waals surface area (Å²) in [6.07, 6.45) is 1.84. The number of benzene rings is 3. The van der Waals surface area contributed by atoms with E-state index in [9.17, 15) is 9.59 Å². The summed E-state index contributed by atoms with van der Waals surface area (Å²) in [5, 5.41) is 0.651. The fourth-order valence-electron chi connectivity index (χ4n) is 4.96. The molecule has 0 spiro atoms. The topological polar surface area (TPSA) is 88.4 Å². The van der Waals surface area contributed by atoms with Gasteiger partial charge in [-0.3, -0.25) is 9.36 Å². The Labute approximate surface area is 296 Å². The van der Waals surface area contributed by atoms with Crippen molar-refractivity contribution in [2.75, 3.05) is 20.3 Å². The first-order chi connectivity index (χ1) is 21.7. The lowest BCUT2D eigenvalue weighted by Gasteiger charge is -2.25. The number of aromatic nitrogens is 1. The third-order valence-electron chi connectivity index (χ3n) is 6.97. The van der Waals surface area contributed by atoms with Gasteiger partial charge in [-0.25, -0.2) is 9.79 Å². The molecule has 0 unspecified atom stereocenters. The zero-order valence-corrected chi connectivity index (χ0v) is 30.7. The van der Waals surface area contributed by atoms with Crippen LogP contribution in [0, 0.1) is 7.14 Å². The second-order valence-corrected chi connectivity index (χ2v) is 13.6. The van der Waals surface area contributed by atoms with Crippen molar-refractivity contribution in [3.8, 4) is 17.2 Å². The van der Waals surface area contributed by atoms with Crippen LogP contribution in [0.4, 0.5) is 0 Å². The van der Waals surface area contributed by atoms with Gasteiger partial charge in [-0.2, -0.15) is 0 Å². The van der Waals surface area contributed by atoms with Crippen molar-refractivity contribution < 1.29 is 23.7 Å². The van der Waals surface area contributed by atoms with Crippen LogP contribution in [0.2, 0.25) is 5.02 Å². The number of thiazole rings is 1. The zero-order chi connectivity index (χ0) is 32.2. The number of methoxy groups -OCH3 is 1. The van der Waals surface area contributed by atoms with Crippen molar-refractivity contribution in [3.63, 3.8) is 0 Å². The second kappa shape index (κ2) is 14.7. The van der Waals surface area contributed by atoms with E-state index < -0.39 is 12.0 Å². The first-order valence-electron chi connectivity index (χ1n) is 14.0. The maximum absolute atomic E-state index is 14.1. The van der Waals surface area contributed by atoms with Crippen LogP contribution in [-0.2, 0) is 16.1 Å². The highest BCUT2D eigenvalue weighted by atomic mass is 127. The van der Waals surface area contributed by atoms with Crippen LogP contribution in [0.5, 0.6) is 17.2 Å². The van der Waals surface area contributed by atoms with Gasteiger partial charge in [0.15, 0.2) is 16.3 Å². The predicted octanol–water partition coefficient (Wildman–Crippen LogP) is 6.65. The average Bonchev–Trinajstić information content (AvgIpc) is 3.30. The molecule has 3 aromatic carbocycles. The molecule has 0 aliphatic carbocycles. The van der Waals surface area contributed by atoms with E-state index in [-0.39, 0.29) is 12.2 Å². The van der Waals surface area contributed by atoms with Crippen molar-refractivity contribution in [2.45, 2.75) is 33.4 Å². The molecule has 8 nitrogen and oxygen atoms in total. The smallest absolute Gasteiger partial charge is 0.338 e. The Morgan fingerprint density at radius 1 is 1.04 bits per heavy atom. The van der Waals surface area contributed by atoms with E-state index in [0.717, 1.165) is 24.0 Å². The first-order valence-corrected chi connectivity index (χ1v) is 17.4. The monoisotopic (exact) mass is 870 g/mol. The lowest BCUT2D eigenvalue weighted by atomic mass is 9.95. The van der Waals surface area contributed by atoms with Gasteiger partial charge < -0.3 is 18.9 Å². The summed E-state index contributed by atoms with van der Waals surface area (Å²) in [7, 11) is 1.56. The lowest BCUT2D eigenvalue weighted by Crippen LogP contribution is -2.40. The lowest BCUT2D eigenvalue weighted by molar-refractivity contribution is -0.139. The van der Waals surface area contributed by atoms with Gasteiger partial charge in [0.1, 0.15) is 12.4 Å². The Morgan fingerprint density at radius 3 is 2.44 bits per heavy atom. The fraction of sp³-hybridized carbons (Fsp3) is 0.242. The average molecular weight is 871 g/mol. The minimum Gasteiger partial charge on any atom is -0.493 e. The molecule has 0 saturated carbocycles. The molecule has 0 N–H and O–H groups in total. The summed E-state index contributed by atoms with van der Waals surface area (Å²) in [5.41, 5.74) is 2.93. The molecule has 1 aliphatic heterocycles. The number of halogens is 3. The predicted molar refractivity (Wildman–Crippen MR) is 192 cm³/mol. The standard InChI is InChI=1S/C33H29ClI2N2O6S/c1-5-42-26-16-20(11-12-25(26)41-4)29-28(32(40)43-6-2)18(3)37-33-38(29)31(39)27(45-33)15-19-13-23(35)30(24(36)14-19)44-17-21-9-7-8-10-22(21)34/h7-16,29H,5-6,17H2,1-4H3/b27-15-/t29-/m1/s1. The molecule has 234 valence electrons. The van der Waals surface area contributed by atoms with Crippen molar-refractivity contribution in [3.05, 3.63) is 114 Å². The van der Waals surface area contributed by atoms with Gasteiger partial charge in [0.05, 0.1) is 49.3 Å². The Balaban J connectivity index is 1.59. The molecule has 0 fully saturated rings. The first kappa shape index (κ1) is 33.5. The molecule has 5 rings (SSSR count). The summed E-state index contributed by atoms with van der Waals surface area (Å²) >= 11 is 12.1. The van der Waals surface area contributed by atoms with Crippen molar-refractivity contribution >= 4 is 80.2 Å². The quantitative estimate of drug-likeness (QED) is 0.131. The largest absolute Gasteiger partial charge is 0.493 e. The van der Waals surface area contributed by atoms with E-state index in [1.807, 2.05) is 55.5 Å². The fourth-order valence-corrected chi connectivity index (χ4v) is 8.32. The Hall–Kier alpha value is -2.88. The van der Waals surface area contributed by atoms with Gasteiger partial charge in [0.25, 0.3) is 5.56 Å². The number of esters is 1. The number of hydrogen-bond donors (Lipinski definition) is 0. The second-order valence-electron chi connectivity index (χ2n) is 9.84. The maximum atomic E-state index is 14.1. The van der Waals surface area contributed by atoms with Gasteiger partial charge in [0.2, 0.25) is 0 Å². The Bertz CT molecular complexity index is 1960. The normalized spacial score (nSPS) is 14.6. The minimum atomic E-state index is -0.770. The molecule has 2 heterocycles. The summed E-state index contributed by atoms with van der Waals surface area (Å²) < 4.78 is 26.7. The molecule has 45 heavy (non-hydrogen) atoms. The van der Waals surface area contributed by atoms with E-state index in [0.29, 0.717) is 55.9 Å².